The molecule has 0 atom stereocenters. The van der Waals surface area contributed by atoms with E-state index in [-0.39, 0.29) is 10.6 Å². The quantitative estimate of drug-likeness (QED) is 0.489. The normalized spacial score (nSPS) is 10.7. The SMILES string of the molecule is Cc1nc(CCNCc2cc(Br)ccc2[N+](=O)[O-])cs1. The van der Waals surface area contributed by atoms with Gasteiger partial charge in [0.05, 0.1) is 15.6 Å². The molecule has 1 aromatic carbocycles. The van der Waals surface area contributed by atoms with Crippen molar-refractivity contribution in [3.05, 3.63) is 54.4 Å². The number of thiazole rings is 1. The maximum absolute atomic E-state index is 10.9. The van der Waals surface area contributed by atoms with Crippen LogP contribution in [0.4, 0.5) is 5.69 Å². The number of nitro benzene ring substituents is 1. The zero-order valence-electron chi connectivity index (χ0n) is 10.9. The monoisotopic (exact) mass is 355 g/mol. The maximum atomic E-state index is 10.9. The van der Waals surface area contributed by atoms with Gasteiger partial charge in [0.2, 0.25) is 0 Å². The Morgan fingerprint density at radius 2 is 2.30 bits per heavy atom. The van der Waals surface area contributed by atoms with Crippen LogP contribution in [0.15, 0.2) is 28.1 Å². The van der Waals surface area contributed by atoms with Crippen molar-refractivity contribution in [1.82, 2.24) is 10.3 Å². The molecule has 7 heteroatoms. The van der Waals surface area contributed by atoms with E-state index >= 15 is 0 Å². The number of halogens is 1. The topological polar surface area (TPSA) is 68.1 Å². The van der Waals surface area contributed by atoms with Gasteiger partial charge >= 0.3 is 0 Å². The van der Waals surface area contributed by atoms with Crippen LogP contribution in [-0.4, -0.2) is 16.5 Å². The fourth-order valence-corrected chi connectivity index (χ4v) is 2.89. The van der Waals surface area contributed by atoms with E-state index in [1.807, 2.05) is 12.3 Å². The Hall–Kier alpha value is -1.31. The van der Waals surface area contributed by atoms with Crippen LogP contribution < -0.4 is 5.32 Å². The summed E-state index contributed by atoms with van der Waals surface area (Å²) >= 11 is 4.97. The number of benzene rings is 1. The van der Waals surface area contributed by atoms with Crippen molar-refractivity contribution in [2.75, 3.05) is 6.54 Å². The molecule has 0 saturated heterocycles. The molecule has 2 rings (SSSR count). The number of nitro groups is 1. The molecule has 1 heterocycles. The zero-order valence-corrected chi connectivity index (χ0v) is 13.3. The molecule has 0 aliphatic carbocycles. The minimum absolute atomic E-state index is 0.144. The van der Waals surface area contributed by atoms with Gasteiger partial charge in [0, 0.05) is 41.0 Å². The number of hydrogen-bond donors (Lipinski definition) is 1. The highest BCUT2D eigenvalue weighted by Crippen LogP contribution is 2.22. The lowest BCUT2D eigenvalue weighted by Gasteiger charge is -2.05. The molecule has 0 fully saturated rings. The number of rotatable bonds is 6. The number of aryl methyl sites for hydroxylation is 1. The third-order valence-electron chi connectivity index (χ3n) is 2.78. The van der Waals surface area contributed by atoms with Gasteiger partial charge in [-0.3, -0.25) is 10.1 Å². The number of nitrogens with zero attached hydrogens (tertiary/aromatic N) is 2. The van der Waals surface area contributed by atoms with Gasteiger partial charge in [-0.2, -0.15) is 0 Å². The van der Waals surface area contributed by atoms with Gasteiger partial charge < -0.3 is 5.32 Å². The van der Waals surface area contributed by atoms with Crippen LogP contribution in [0.5, 0.6) is 0 Å². The van der Waals surface area contributed by atoms with Crippen molar-refractivity contribution in [3.63, 3.8) is 0 Å². The van der Waals surface area contributed by atoms with Crippen molar-refractivity contribution >= 4 is 33.0 Å². The third kappa shape index (κ3) is 4.09. The molecular weight excluding hydrogens is 342 g/mol. The highest BCUT2D eigenvalue weighted by Gasteiger charge is 2.13. The molecule has 2 aromatic rings. The van der Waals surface area contributed by atoms with Crippen molar-refractivity contribution in [2.24, 2.45) is 0 Å². The van der Waals surface area contributed by atoms with Gasteiger partial charge in [0.15, 0.2) is 0 Å². The molecule has 0 aliphatic rings. The van der Waals surface area contributed by atoms with Gasteiger partial charge in [-0.05, 0) is 19.1 Å². The minimum atomic E-state index is -0.354. The molecule has 0 aliphatic heterocycles. The summed E-state index contributed by atoms with van der Waals surface area (Å²) in [4.78, 5) is 15.0. The van der Waals surface area contributed by atoms with Crippen molar-refractivity contribution in [3.8, 4) is 0 Å². The summed E-state index contributed by atoms with van der Waals surface area (Å²) in [6.07, 6.45) is 0.826. The van der Waals surface area contributed by atoms with Gasteiger partial charge in [0.1, 0.15) is 0 Å². The average molecular weight is 356 g/mol. The van der Waals surface area contributed by atoms with Gasteiger partial charge in [-0.1, -0.05) is 15.9 Å². The van der Waals surface area contributed by atoms with Gasteiger partial charge in [-0.15, -0.1) is 11.3 Å². The molecule has 0 radical (unpaired) electrons. The predicted molar refractivity (Wildman–Crippen MR) is 83.1 cm³/mol. The second kappa shape index (κ2) is 6.92. The second-order valence-corrected chi connectivity index (χ2v) is 6.29. The first-order chi connectivity index (χ1) is 9.56. The maximum Gasteiger partial charge on any atom is 0.273 e. The minimum Gasteiger partial charge on any atom is -0.312 e. The molecule has 0 spiro atoms. The van der Waals surface area contributed by atoms with E-state index in [1.54, 1.807) is 23.5 Å². The summed E-state index contributed by atoms with van der Waals surface area (Å²) in [6.45, 7) is 3.19. The molecule has 0 saturated carbocycles. The fraction of sp³-hybridized carbons (Fsp3) is 0.308. The molecule has 5 nitrogen and oxygen atoms in total. The van der Waals surface area contributed by atoms with E-state index in [0.29, 0.717) is 12.1 Å². The van der Waals surface area contributed by atoms with Crippen LogP contribution in [0.2, 0.25) is 0 Å². The number of aromatic nitrogens is 1. The van der Waals surface area contributed by atoms with Crippen LogP contribution >= 0.6 is 27.3 Å². The fourth-order valence-electron chi connectivity index (χ4n) is 1.84. The molecule has 106 valence electrons. The van der Waals surface area contributed by atoms with E-state index in [2.05, 4.69) is 26.2 Å². The summed E-state index contributed by atoms with van der Waals surface area (Å²) in [7, 11) is 0. The molecule has 0 bridgehead atoms. The molecule has 0 amide bonds. The first kappa shape index (κ1) is 15.1. The van der Waals surface area contributed by atoms with E-state index in [9.17, 15) is 10.1 Å². The number of hydrogen-bond acceptors (Lipinski definition) is 5. The second-order valence-electron chi connectivity index (χ2n) is 4.31. The zero-order chi connectivity index (χ0) is 14.5. The first-order valence-corrected chi connectivity index (χ1v) is 7.78. The van der Waals surface area contributed by atoms with E-state index in [0.717, 1.165) is 28.1 Å². The van der Waals surface area contributed by atoms with Crippen LogP contribution in [-0.2, 0) is 13.0 Å². The van der Waals surface area contributed by atoms with E-state index in [4.69, 9.17) is 0 Å². The average Bonchev–Trinajstić information content (AvgIpc) is 2.80. The number of nitrogens with one attached hydrogen (secondary N) is 1. The third-order valence-corrected chi connectivity index (χ3v) is 4.09. The summed E-state index contributed by atoms with van der Waals surface area (Å²) in [6, 6.07) is 4.97. The van der Waals surface area contributed by atoms with Crippen LogP contribution in [0.25, 0.3) is 0 Å². The summed E-state index contributed by atoms with van der Waals surface area (Å²) < 4.78 is 0.843. The Balaban J connectivity index is 1.90. The van der Waals surface area contributed by atoms with Gasteiger partial charge in [-0.25, -0.2) is 4.98 Å². The Labute approximate surface area is 129 Å². The Bertz CT molecular complexity index is 615. The van der Waals surface area contributed by atoms with Crippen molar-refractivity contribution < 1.29 is 4.92 Å². The lowest BCUT2D eigenvalue weighted by Crippen LogP contribution is -2.17. The van der Waals surface area contributed by atoms with Crippen LogP contribution in [0, 0.1) is 17.0 Å². The van der Waals surface area contributed by atoms with Crippen LogP contribution in [0.1, 0.15) is 16.3 Å². The summed E-state index contributed by atoms with van der Waals surface area (Å²) in [5, 5.41) is 17.3. The summed E-state index contributed by atoms with van der Waals surface area (Å²) in [5.74, 6) is 0. The van der Waals surface area contributed by atoms with E-state index in [1.165, 1.54) is 6.07 Å². The Morgan fingerprint density at radius 3 is 2.95 bits per heavy atom. The van der Waals surface area contributed by atoms with Crippen molar-refractivity contribution in [2.45, 2.75) is 19.9 Å². The van der Waals surface area contributed by atoms with Crippen LogP contribution in [0.3, 0.4) is 0 Å². The highest BCUT2D eigenvalue weighted by molar-refractivity contribution is 9.10. The molecule has 1 aromatic heterocycles. The van der Waals surface area contributed by atoms with Crippen molar-refractivity contribution in [1.29, 1.82) is 0 Å². The standard InChI is InChI=1S/C13H14BrN3O2S/c1-9-16-12(8-20-9)4-5-15-7-10-6-11(14)2-3-13(10)17(18)19/h2-3,6,8,15H,4-5,7H2,1H3. The Kier molecular flexibility index (Phi) is 5.22. The first-order valence-electron chi connectivity index (χ1n) is 6.11. The summed E-state index contributed by atoms with van der Waals surface area (Å²) in [5.41, 5.74) is 1.88. The lowest BCUT2D eigenvalue weighted by atomic mass is 10.2. The van der Waals surface area contributed by atoms with Gasteiger partial charge in [0.25, 0.3) is 5.69 Å². The van der Waals surface area contributed by atoms with E-state index < -0.39 is 0 Å². The largest absolute Gasteiger partial charge is 0.312 e. The lowest BCUT2D eigenvalue weighted by molar-refractivity contribution is -0.385. The molecule has 0 unspecified atom stereocenters. The smallest absolute Gasteiger partial charge is 0.273 e. The Morgan fingerprint density at radius 1 is 1.50 bits per heavy atom. The highest BCUT2D eigenvalue weighted by atomic mass is 79.9. The predicted octanol–water partition coefficient (Wildman–Crippen LogP) is 3.45. The molecule has 20 heavy (non-hydrogen) atoms. The molecular formula is C13H14BrN3O2S. The molecule has 1 N–H and O–H groups in total.